The fourth-order valence-corrected chi connectivity index (χ4v) is 5.89. The Labute approximate surface area is 206 Å². The quantitative estimate of drug-likeness (QED) is 0.387. The third kappa shape index (κ3) is 5.90. The second kappa shape index (κ2) is 10.8. The monoisotopic (exact) mass is 507 g/mol. The van der Waals surface area contributed by atoms with Gasteiger partial charge in [0.1, 0.15) is 10.1 Å². The maximum absolute atomic E-state index is 12.8. The van der Waals surface area contributed by atoms with Gasteiger partial charge in [0.25, 0.3) is 0 Å². The number of hydrogen-bond donors (Lipinski definition) is 0. The van der Waals surface area contributed by atoms with E-state index < -0.39 is 0 Å². The standard InChI is InChI=1S/C23H23Cl2N3O2S2/c1-30-20-6-4-19(5-7-20)27-8-10-28(11-9-27)22(29)13-18-15-32-23(26-18)31-14-16-2-3-17(24)12-21(16)25/h2-7,12,15H,8-11,13-14H2,1H3. The molecule has 1 amide bonds. The number of hydrogen-bond acceptors (Lipinski definition) is 6. The number of carbonyl (C=O) groups excluding carboxylic acids is 1. The first-order chi connectivity index (χ1) is 15.5. The van der Waals surface area contributed by atoms with Crippen molar-refractivity contribution in [1.29, 1.82) is 0 Å². The van der Waals surface area contributed by atoms with Crippen molar-refractivity contribution >= 4 is 57.9 Å². The average molecular weight is 508 g/mol. The predicted molar refractivity (Wildman–Crippen MR) is 134 cm³/mol. The Morgan fingerprint density at radius 3 is 2.56 bits per heavy atom. The van der Waals surface area contributed by atoms with E-state index in [2.05, 4.69) is 22.0 Å². The van der Waals surface area contributed by atoms with Crippen LogP contribution in [0.25, 0.3) is 0 Å². The summed E-state index contributed by atoms with van der Waals surface area (Å²) in [5.41, 5.74) is 2.99. The summed E-state index contributed by atoms with van der Waals surface area (Å²) < 4.78 is 6.16. The molecule has 0 unspecified atom stereocenters. The van der Waals surface area contributed by atoms with Crippen LogP contribution in [0, 0.1) is 0 Å². The first kappa shape index (κ1) is 23.2. The number of benzene rings is 2. The number of thioether (sulfide) groups is 1. The Bertz CT molecular complexity index is 1070. The van der Waals surface area contributed by atoms with Crippen LogP contribution in [0.4, 0.5) is 5.69 Å². The van der Waals surface area contributed by atoms with Crippen LogP contribution in [0.3, 0.4) is 0 Å². The SMILES string of the molecule is COc1ccc(N2CCN(C(=O)Cc3csc(SCc4ccc(Cl)cc4Cl)n3)CC2)cc1. The molecule has 5 nitrogen and oxygen atoms in total. The van der Waals surface area contributed by atoms with Crippen LogP contribution in [0.5, 0.6) is 5.75 Å². The molecule has 1 aliphatic heterocycles. The second-order valence-corrected chi connectivity index (χ2v) is 10.3. The highest BCUT2D eigenvalue weighted by atomic mass is 35.5. The van der Waals surface area contributed by atoms with Gasteiger partial charge in [-0.25, -0.2) is 4.98 Å². The Kier molecular flexibility index (Phi) is 7.84. The van der Waals surface area contributed by atoms with Crippen molar-refractivity contribution in [1.82, 2.24) is 9.88 Å². The number of methoxy groups -OCH3 is 1. The number of halogens is 2. The summed E-state index contributed by atoms with van der Waals surface area (Å²) in [6.07, 6.45) is 0.335. The lowest BCUT2D eigenvalue weighted by Gasteiger charge is -2.36. The topological polar surface area (TPSA) is 45.7 Å². The molecule has 32 heavy (non-hydrogen) atoms. The van der Waals surface area contributed by atoms with Gasteiger partial charge >= 0.3 is 0 Å². The highest BCUT2D eigenvalue weighted by molar-refractivity contribution is 8.00. The fourth-order valence-electron chi connectivity index (χ4n) is 3.49. The number of thiazole rings is 1. The Morgan fingerprint density at radius 2 is 1.88 bits per heavy atom. The normalized spacial score (nSPS) is 14.0. The summed E-state index contributed by atoms with van der Waals surface area (Å²) in [5, 5.41) is 3.26. The lowest BCUT2D eigenvalue weighted by Crippen LogP contribution is -2.49. The van der Waals surface area contributed by atoms with Crippen molar-refractivity contribution < 1.29 is 9.53 Å². The summed E-state index contributed by atoms with van der Waals surface area (Å²) in [7, 11) is 1.67. The number of ether oxygens (including phenoxy) is 1. The number of carbonyl (C=O) groups is 1. The van der Waals surface area contributed by atoms with Crippen molar-refractivity contribution in [3.63, 3.8) is 0 Å². The van der Waals surface area contributed by atoms with Crippen molar-refractivity contribution in [3.8, 4) is 5.75 Å². The molecule has 0 saturated carbocycles. The lowest BCUT2D eigenvalue weighted by molar-refractivity contribution is -0.130. The largest absolute Gasteiger partial charge is 0.497 e. The van der Waals surface area contributed by atoms with Gasteiger partial charge in [-0.05, 0) is 42.0 Å². The van der Waals surface area contributed by atoms with E-state index in [4.69, 9.17) is 27.9 Å². The average Bonchev–Trinajstić information content (AvgIpc) is 3.26. The Balaban J connectivity index is 1.26. The molecule has 2 heterocycles. The van der Waals surface area contributed by atoms with Gasteiger partial charge in [0.2, 0.25) is 5.91 Å². The van der Waals surface area contributed by atoms with Gasteiger partial charge in [-0.3, -0.25) is 4.79 Å². The molecule has 4 rings (SSSR count). The van der Waals surface area contributed by atoms with Crippen LogP contribution in [0.1, 0.15) is 11.3 Å². The van der Waals surface area contributed by atoms with Crippen molar-refractivity contribution in [3.05, 3.63) is 69.1 Å². The van der Waals surface area contributed by atoms with E-state index in [0.717, 1.165) is 40.1 Å². The van der Waals surface area contributed by atoms with E-state index in [9.17, 15) is 4.79 Å². The molecule has 168 valence electrons. The van der Waals surface area contributed by atoms with Gasteiger partial charge in [0, 0.05) is 53.0 Å². The van der Waals surface area contributed by atoms with E-state index in [1.54, 1.807) is 36.3 Å². The fraction of sp³-hybridized carbons (Fsp3) is 0.304. The summed E-state index contributed by atoms with van der Waals surface area (Å²) in [5.74, 6) is 1.69. The van der Waals surface area contributed by atoms with Crippen molar-refractivity contribution in [2.24, 2.45) is 0 Å². The number of piperazine rings is 1. The maximum Gasteiger partial charge on any atom is 0.228 e. The molecule has 0 spiro atoms. The van der Waals surface area contributed by atoms with E-state index >= 15 is 0 Å². The zero-order valence-corrected chi connectivity index (χ0v) is 20.7. The van der Waals surface area contributed by atoms with Gasteiger partial charge < -0.3 is 14.5 Å². The molecule has 0 aliphatic carbocycles. The molecule has 3 aromatic rings. The number of amides is 1. The van der Waals surface area contributed by atoms with Gasteiger partial charge in [-0.15, -0.1) is 11.3 Å². The van der Waals surface area contributed by atoms with Crippen LogP contribution in [-0.2, 0) is 17.0 Å². The minimum absolute atomic E-state index is 0.127. The highest BCUT2D eigenvalue weighted by Crippen LogP contribution is 2.30. The zero-order valence-electron chi connectivity index (χ0n) is 17.6. The molecule has 0 atom stereocenters. The van der Waals surface area contributed by atoms with Crippen LogP contribution >= 0.6 is 46.3 Å². The smallest absolute Gasteiger partial charge is 0.228 e. The molecular formula is C23H23Cl2N3O2S2. The summed E-state index contributed by atoms with van der Waals surface area (Å²) in [6.45, 7) is 3.06. The maximum atomic E-state index is 12.8. The summed E-state index contributed by atoms with van der Waals surface area (Å²) in [4.78, 5) is 21.6. The molecule has 1 saturated heterocycles. The summed E-state index contributed by atoms with van der Waals surface area (Å²) in [6, 6.07) is 13.6. The van der Waals surface area contributed by atoms with Crippen LogP contribution < -0.4 is 9.64 Å². The van der Waals surface area contributed by atoms with Gasteiger partial charge in [0.15, 0.2) is 0 Å². The Morgan fingerprint density at radius 1 is 1.12 bits per heavy atom. The zero-order chi connectivity index (χ0) is 22.5. The first-order valence-electron chi connectivity index (χ1n) is 10.2. The number of anilines is 1. The van der Waals surface area contributed by atoms with Crippen LogP contribution in [-0.4, -0.2) is 49.1 Å². The third-order valence-electron chi connectivity index (χ3n) is 5.30. The van der Waals surface area contributed by atoms with Gasteiger partial charge in [-0.1, -0.05) is 41.0 Å². The highest BCUT2D eigenvalue weighted by Gasteiger charge is 2.22. The van der Waals surface area contributed by atoms with Gasteiger partial charge in [0.05, 0.1) is 19.2 Å². The molecule has 0 radical (unpaired) electrons. The third-order valence-corrected chi connectivity index (χ3v) is 8.00. The van der Waals surface area contributed by atoms with E-state index in [-0.39, 0.29) is 5.91 Å². The van der Waals surface area contributed by atoms with Gasteiger partial charge in [-0.2, -0.15) is 0 Å². The number of aromatic nitrogens is 1. The molecule has 1 aromatic heterocycles. The second-order valence-electron chi connectivity index (χ2n) is 7.37. The molecule has 1 aliphatic rings. The molecule has 9 heteroatoms. The lowest BCUT2D eigenvalue weighted by atomic mass is 10.2. The van der Waals surface area contributed by atoms with E-state index in [1.807, 2.05) is 34.5 Å². The molecule has 0 N–H and O–H groups in total. The van der Waals surface area contributed by atoms with E-state index in [1.165, 1.54) is 0 Å². The minimum atomic E-state index is 0.127. The molecule has 2 aromatic carbocycles. The van der Waals surface area contributed by atoms with Crippen LogP contribution in [0.2, 0.25) is 10.0 Å². The van der Waals surface area contributed by atoms with E-state index in [0.29, 0.717) is 35.3 Å². The molecule has 1 fully saturated rings. The minimum Gasteiger partial charge on any atom is -0.497 e. The number of nitrogens with zero attached hydrogens (tertiary/aromatic N) is 3. The summed E-state index contributed by atoms with van der Waals surface area (Å²) >= 11 is 15.4. The van der Waals surface area contributed by atoms with Crippen LogP contribution in [0.15, 0.2) is 52.2 Å². The Hall–Kier alpha value is -1.93. The molecule has 0 bridgehead atoms. The molecular weight excluding hydrogens is 485 g/mol. The van der Waals surface area contributed by atoms with Crippen molar-refractivity contribution in [2.75, 3.05) is 38.2 Å². The first-order valence-corrected chi connectivity index (χ1v) is 12.8. The predicted octanol–water partition coefficient (Wildman–Crippen LogP) is 5.64. The van der Waals surface area contributed by atoms with Crippen molar-refractivity contribution in [2.45, 2.75) is 16.5 Å². The number of rotatable bonds is 7.